The lowest BCUT2D eigenvalue weighted by molar-refractivity contribution is 0.112. The number of carbonyl (C=O) groups excluding carboxylic acids is 1. The van der Waals surface area contributed by atoms with Gasteiger partial charge >= 0.3 is 0 Å². The Labute approximate surface area is 138 Å². The molecule has 0 aliphatic heterocycles. The Hall–Kier alpha value is -2.00. The number of hydrogen-bond donors (Lipinski definition) is 0. The van der Waals surface area contributed by atoms with E-state index in [0.717, 1.165) is 34.4 Å². The number of pyridine rings is 1. The van der Waals surface area contributed by atoms with Crippen molar-refractivity contribution < 1.29 is 9.53 Å². The Morgan fingerprint density at radius 1 is 1.04 bits per heavy atom. The molecular weight excluding hydrogens is 286 g/mol. The molecule has 0 amide bonds. The van der Waals surface area contributed by atoms with Gasteiger partial charge in [-0.2, -0.15) is 0 Å². The van der Waals surface area contributed by atoms with E-state index in [0.29, 0.717) is 12.2 Å². The van der Waals surface area contributed by atoms with Crippen molar-refractivity contribution >= 4 is 6.29 Å². The van der Waals surface area contributed by atoms with Crippen molar-refractivity contribution in [3.63, 3.8) is 0 Å². The molecule has 0 saturated carbocycles. The first-order chi connectivity index (χ1) is 11.0. The van der Waals surface area contributed by atoms with E-state index in [4.69, 9.17) is 9.72 Å². The first kappa shape index (κ1) is 17.4. The number of nitrogens with zero attached hydrogens (tertiary/aromatic N) is 1. The van der Waals surface area contributed by atoms with Crippen LogP contribution in [0, 0.1) is 0 Å². The summed E-state index contributed by atoms with van der Waals surface area (Å²) >= 11 is 0. The van der Waals surface area contributed by atoms with Crippen molar-refractivity contribution in [2.45, 2.75) is 46.1 Å². The largest absolute Gasteiger partial charge is 0.380 e. The molecule has 0 N–H and O–H groups in total. The first-order valence-electron chi connectivity index (χ1n) is 8.07. The van der Waals surface area contributed by atoms with Crippen LogP contribution in [-0.2, 0) is 11.3 Å². The number of aromatic nitrogens is 1. The molecule has 0 unspecified atom stereocenters. The fraction of sp³-hybridized carbons (Fsp3) is 0.400. The number of benzene rings is 1. The van der Waals surface area contributed by atoms with Gasteiger partial charge in [0.2, 0.25) is 0 Å². The van der Waals surface area contributed by atoms with Gasteiger partial charge in [-0.05, 0) is 17.4 Å². The molecule has 0 aliphatic carbocycles. The summed E-state index contributed by atoms with van der Waals surface area (Å²) in [5, 5.41) is 0. The second kappa shape index (κ2) is 7.51. The van der Waals surface area contributed by atoms with Crippen molar-refractivity contribution in [1.29, 1.82) is 0 Å². The summed E-state index contributed by atoms with van der Waals surface area (Å²) in [5.74, 6) is 0.451. The van der Waals surface area contributed by atoms with Gasteiger partial charge in [-0.15, -0.1) is 0 Å². The van der Waals surface area contributed by atoms with E-state index >= 15 is 0 Å². The van der Waals surface area contributed by atoms with Crippen molar-refractivity contribution in [2.75, 3.05) is 7.11 Å². The Morgan fingerprint density at radius 3 is 2.13 bits per heavy atom. The maximum absolute atomic E-state index is 11.9. The molecule has 1 aromatic heterocycles. The van der Waals surface area contributed by atoms with Gasteiger partial charge in [-0.1, -0.05) is 58.0 Å². The molecule has 23 heavy (non-hydrogen) atoms. The van der Waals surface area contributed by atoms with Crippen LogP contribution in [0.4, 0.5) is 0 Å². The molecule has 0 atom stereocenters. The summed E-state index contributed by atoms with van der Waals surface area (Å²) in [6.45, 7) is 8.85. The van der Waals surface area contributed by atoms with Gasteiger partial charge in [0.15, 0.2) is 6.29 Å². The van der Waals surface area contributed by atoms with E-state index in [1.54, 1.807) is 7.11 Å². The zero-order valence-corrected chi connectivity index (χ0v) is 14.6. The summed E-state index contributed by atoms with van der Waals surface area (Å²) < 4.78 is 5.42. The van der Waals surface area contributed by atoms with Gasteiger partial charge in [-0.3, -0.25) is 9.78 Å². The van der Waals surface area contributed by atoms with E-state index in [1.807, 2.05) is 30.3 Å². The van der Waals surface area contributed by atoms with Gasteiger partial charge in [0.1, 0.15) is 0 Å². The molecule has 1 heterocycles. The monoisotopic (exact) mass is 311 g/mol. The molecule has 3 heteroatoms. The lowest BCUT2D eigenvalue weighted by Crippen LogP contribution is -2.12. The molecule has 3 nitrogen and oxygen atoms in total. The second-order valence-corrected chi connectivity index (χ2v) is 6.38. The predicted molar refractivity (Wildman–Crippen MR) is 94.0 cm³/mol. The van der Waals surface area contributed by atoms with E-state index in [2.05, 4.69) is 27.7 Å². The van der Waals surface area contributed by atoms with Crippen LogP contribution in [0.1, 0.15) is 66.8 Å². The summed E-state index contributed by atoms with van der Waals surface area (Å²) in [5.41, 5.74) is 5.57. The Morgan fingerprint density at radius 2 is 1.65 bits per heavy atom. The van der Waals surface area contributed by atoms with E-state index in [9.17, 15) is 4.79 Å². The van der Waals surface area contributed by atoms with Crippen molar-refractivity contribution in [3.05, 3.63) is 52.8 Å². The van der Waals surface area contributed by atoms with Crippen LogP contribution in [0.5, 0.6) is 0 Å². The molecule has 0 saturated heterocycles. The third kappa shape index (κ3) is 3.50. The van der Waals surface area contributed by atoms with Crippen molar-refractivity contribution in [1.82, 2.24) is 4.98 Å². The molecule has 1 aromatic carbocycles. The zero-order valence-electron chi connectivity index (χ0n) is 14.6. The topological polar surface area (TPSA) is 39.2 Å². The van der Waals surface area contributed by atoms with E-state index in [1.165, 1.54) is 0 Å². The van der Waals surface area contributed by atoms with E-state index < -0.39 is 0 Å². The summed E-state index contributed by atoms with van der Waals surface area (Å²) in [6, 6.07) is 10.0. The van der Waals surface area contributed by atoms with Crippen LogP contribution in [0.25, 0.3) is 11.1 Å². The fourth-order valence-electron chi connectivity index (χ4n) is 2.94. The predicted octanol–water partition coefficient (Wildman–Crippen LogP) is 4.95. The summed E-state index contributed by atoms with van der Waals surface area (Å²) in [7, 11) is 1.68. The highest BCUT2D eigenvalue weighted by atomic mass is 16.5. The number of methoxy groups -OCH3 is 1. The van der Waals surface area contributed by atoms with Crippen LogP contribution in [0.2, 0.25) is 0 Å². The smallest absolute Gasteiger partial charge is 0.152 e. The van der Waals surface area contributed by atoms with Crippen molar-refractivity contribution in [3.8, 4) is 11.1 Å². The number of carbonyl (C=O) groups is 1. The lowest BCUT2D eigenvalue weighted by atomic mass is 9.88. The SMILES string of the molecule is COCc1c(C(C)C)nc(C(C)C)c(C=O)c1-c1ccccc1. The average Bonchev–Trinajstić information content (AvgIpc) is 2.54. The number of ether oxygens (including phenoxy) is 1. The van der Waals surface area contributed by atoms with Crippen LogP contribution >= 0.6 is 0 Å². The Kier molecular flexibility index (Phi) is 5.67. The highest BCUT2D eigenvalue weighted by Gasteiger charge is 2.23. The zero-order chi connectivity index (χ0) is 17.0. The van der Waals surface area contributed by atoms with Crippen LogP contribution in [-0.4, -0.2) is 18.4 Å². The third-order valence-corrected chi connectivity index (χ3v) is 3.96. The quantitative estimate of drug-likeness (QED) is 0.708. The summed E-state index contributed by atoms with van der Waals surface area (Å²) in [6.07, 6.45) is 0.938. The third-order valence-electron chi connectivity index (χ3n) is 3.96. The molecule has 0 radical (unpaired) electrons. The van der Waals surface area contributed by atoms with Crippen molar-refractivity contribution in [2.24, 2.45) is 0 Å². The minimum atomic E-state index is 0.187. The molecule has 0 aliphatic rings. The maximum Gasteiger partial charge on any atom is 0.152 e. The normalized spacial score (nSPS) is 11.3. The molecule has 2 aromatic rings. The fourth-order valence-corrected chi connectivity index (χ4v) is 2.94. The van der Waals surface area contributed by atoms with Crippen LogP contribution in [0.3, 0.4) is 0 Å². The number of rotatable bonds is 6. The van der Waals surface area contributed by atoms with Crippen LogP contribution in [0.15, 0.2) is 30.3 Å². The Balaban J connectivity index is 2.90. The first-order valence-corrected chi connectivity index (χ1v) is 8.07. The molecule has 0 bridgehead atoms. The highest BCUT2D eigenvalue weighted by molar-refractivity contribution is 5.91. The molecular formula is C20H25NO2. The highest BCUT2D eigenvalue weighted by Crippen LogP contribution is 2.35. The molecule has 2 rings (SSSR count). The van der Waals surface area contributed by atoms with Gasteiger partial charge < -0.3 is 4.74 Å². The minimum Gasteiger partial charge on any atom is -0.380 e. The van der Waals surface area contributed by atoms with Gasteiger partial charge in [-0.25, -0.2) is 0 Å². The lowest BCUT2D eigenvalue weighted by Gasteiger charge is -2.22. The van der Waals surface area contributed by atoms with E-state index in [-0.39, 0.29) is 11.8 Å². The number of hydrogen-bond acceptors (Lipinski definition) is 3. The molecule has 122 valence electrons. The maximum atomic E-state index is 11.9. The molecule has 0 spiro atoms. The van der Waals surface area contributed by atoms with Crippen LogP contribution < -0.4 is 0 Å². The average molecular weight is 311 g/mol. The van der Waals surface area contributed by atoms with Gasteiger partial charge in [0.05, 0.1) is 12.3 Å². The number of aldehydes is 1. The molecule has 0 fully saturated rings. The van der Waals surface area contributed by atoms with Gasteiger partial charge in [0.25, 0.3) is 0 Å². The standard InChI is InChI=1S/C20H25NO2/c1-13(2)19-16(11-22)18(15-9-7-6-8-10-15)17(12-23-5)20(21-19)14(3)4/h6-11,13-14H,12H2,1-5H3. The summed E-state index contributed by atoms with van der Waals surface area (Å²) in [4.78, 5) is 16.7. The van der Waals surface area contributed by atoms with Gasteiger partial charge in [0, 0.05) is 29.5 Å². The Bertz CT molecular complexity index is 676. The second-order valence-electron chi connectivity index (χ2n) is 6.38. The minimum absolute atomic E-state index is 0.187.